The predicted molar refractivity (Wildman–Crippen MR) is 285 cm³/mol. The van der Waals surface area contributed by atoms with Gasteiger partial charge in [0.2, 0.25) is 0 Å². The van der Waals surface area contributed by atoms with Gasteiger partial charge in [-0.2, -0.15) is 0 Å². The van der Waals surface area contributed by atoms with Crippen molar-refractivity contribution in [2.24, 2.45) is 47.3 Å². The highest BCUT2D eigenvalue weighted by Gasteiger charge is 2.57. The molecule has 8 aliphatic rings. The molecule has 3 heteroatoms. The van der Waals surface area contributed by atoms with E-state index < -0.39 is 5.41 Å². The summed E-state index contributed by atoms with van der Waals surface area (Å²) in [6.45, 7) is 0. The summed E-state index contributed by atoms with van der Waals surface area (Å²) in [5.41, 5.74) is 12.6. The number of ether oxygens (including phenoxy) is 2. The number of hydrogen-bond acceptors (Lipinski definition) is 3. The highest BCUT2D eigenvalue weighted by molar-refractivity contribution is 5.88. The van der Waals surface area contributed by atoms with E-state index in [0.29, 0.717) is 0 Å². The molecule has 7 aliphatic carbocycles. The minimum Gasteiger partial charge on any atom is -0.370 e. The Bertz CT molecular complexity index is 2730. The summed E-state index contributed by atoms with van der Waals surface area (Å²) >= 11 is 0. The van der Waals surface area contributed by atoms with Crippen molar-refractivity contribution < 1.29 is 9.47 Å². The maximum Gasteiger partial charge on any atom is 0.0861 e. The Morgan fingerprint density at radius 3 is 1.36 bits per heavy atom. The minimum absolute atomic E-state index is 0.106. The summed E-state index contributed by atoms with van der Waals surface area (Å²) in [5.74, 6) is 7.35. The highest BCUT2D eigenvalue weighted by Crippen LogP contribution is 2.62. The Balaban J connectivity index is 0.824. The SMILES string of the molecule is c1ccc(-c2ccc(N(c3ccc4c(c3)C(c3ccccc3)(c3ccccc3)c3ccccc3-4)C3CCC4OC5CC6C7CCCCC7C7CCCCC7C7CCCCC7C6CC5OC4C3)cc2)cc1. The van der Waals surface area contributed by atoms with E-state index in [1.165, 1.54) is 146 Å². The van der Waals surface area contributed by atoms with Crippen molar-refractivity contribution in [3.05, 3.63) is 180 Å². The predicted octanol–water partition coefficient (Wildman–Crippen LogP) is 16.4. The van der Waals surface area contributed by atoms with Crippen LogP contribution in [0.2, 0.25) is 0 Å². The Morgan fingerprint density at radius 1 is 0.343 bits per heavy atom. The van der Waals surface area contributed by atoms with Crippen molar-refractivity contribution in [1.82, 2.24) is 0 Å². The Labute approximate surface area is 418 Å². The molecule has 70 heavy (non-hydrogen) atoms. The fourth-order valence-electron chi connectivity index (χ4n) is 17.9. The van der Waals surface area contributed by atoms with Crippen LogP contribution in [-0.2, 0) is 14.9 Å². The standard InChI is InChI=1S/C67H73NO2/c1-4-18-44(19-5-1)45-32-34-48(35-33-45)68(49-36-38-58-57-30-16-17-31-61(57)67(62(58)40-49,46-20-6-2-7-21-46)47-22-8-3-9-23-47)50-37-39-63-64(41-50)70-66-43-60-56-29-15-13-27-54(56)52-25-11-10-24-51(52)53-26-12-14-28-55(53)59(60)42-65(66)69-63/h1-9,16-23,30-36,38,40,50-56,59-60,63-66H,10-15,24-29,37,39,41-43H2. The third kappa shape index (κ3) is 7.24. The summed E-state index contributed by atoms with van der Waals surface area (Å²) in [6.07, 6.45) is 24.2. The fraction of sp³-hybridized carbons (Fsp3) is 0.463. The van der Waals surface area contributed by atoms with E-state index in [4.69, 9.17) is 9.47 Å². The quantitative estimate of drug-likeness (QED) is 0.155. The van der Waals surface area contributed by atoms with Gasteiger partial charge in [-0.05, 0) is 187 Å². The van der Waals surface area contributed by atoms with Crippen LogP contribution in [0, 0.1) is 47.3 Å². The first kappa shape index (κ1) is 43.8. The zero-order valence-corrected chi connectivity index (χ0v) is 41.3. The molecule has 0 amide bonds. The maximum absolute atomic E-state index is 7.68. The van der Waals surface area contributed by atoms with Crippen LogP contribution in [0.25, 0.3) is 22.3 Å². The van der Waals surface area contributed by atoms with Crippen molar-refractivity contribution in [3.8, 4) is 22.3 Å². The first-order chi connectivity index (χ1) is 34.7. The summed E-state index contributed by atoms with van der Waals surface area (Å²) in [5, 5.41) is 0. The van der Waals surface area contributed by atoms with E-state index in [-0.39, 0.29) is 30.5 Å². The first-order valence-corrected chi connectivity index (χ1v) is 28.3. The van der Waals surface area contributed by atoms with Crippen LogP contribution in [0.3, 0.4) is 0 Å². The molecule has 7 fully saturated rings. The van der Waals surface area contributed by atoms with Gasteiger partial charge in [-0.15, -0.1) is 0 Å². The normalized spacial score (nSPS) is 33.7. The molecule has 13 atom stereocenters. The summed E-state index contributed by atoms with van der Waals surface area (Å²) in [7, 11) is 0. The number of nitrogens with zero attached hydrogens (tertiary/aromatic N) is 1. The van der Waals surface area contributed by atoms with Gasteiger partial charge in [-0.3, -0.25) is 0 Å². The van der Waals surface area contributed by atoms with Gasteiger partial charge in [-0.1, -0.05) is 172 Å². The molecule has 0 spiro atoms. The van der Waals surface area contributed by atoms with Gasteiger partial charge >= 0.3 is 0 Å². The fourth-order valence-corrected chi connectivity index (χ4v) is 17.9. The second-order valence-corrected chi connectivity index (χ2v) is 23.6. The molecule has 13 unspecified atom stereocenters. The summed E-state index contributed by atoms with van der Waals surface area (Å²) in [4.78, 5) is 2.71. The van der Waals surface area contributed by atoms with Crippen LogP contribution in [0.4, 0.5) is 11.4 Å². The topological polar surface area (TPSA) is 21.7 Å². The lowest BCUT2D eigenvalue weighted by molar-refractivity contribution is -0.261. The van der Waals surface area contributed by atoms with Gasteiger partial charge in [0, 0.05) is 17.4 Å². The highest BCUT2D eigenvalue weighted by atomic mass is 16.6. The molecule has 1 aliphatic heterocycles. The maximum atomic E-state index is 7.68. The zero-order chi connectivity index (χ0) is 46.2. The van der Waals surface area contributed by atoms with Crippen molar-refractivity contribution >= 4 is 11.4 Å². The Morgan fingerprint density at radius 2 is 0.786 bits per heavy atom. The van der Waals surface area contributed by atoms with E-state index in [9.17, 15) is 0 Å². The lowest BCUT2D eigenvalue weighted by atomic mass is 9.48. The van der Waals surface area contributed by atoms with Crippen LogP contribution in [-0.4, -0.2) is 30.5 Å². The third-order valence-electron chi connectivity index (χ3n) is 20.5. The largest absolute Gasteiger partial charge is 0.370 e. The van der Waals surface area contributed by atoms with Crippen LogP contribution < -0.4 is 4.90 Å². The molecule has 6 aromatic rings. The minimum atomic E-state index is -0.455. The van der Waals surface area contributed by atoms with Crippen LogP contribution in [0.1, 0.15) is 131 Å². The smallest absolute Gasteiger partial charge is 0.0861 e. The molecule has 1 saturated heterocycles. The van der Waals surface area contributed by atoms with Gasteiger partial charge in [-0.25, -0.2) is 0 Å². The number of anilines is 2. The molecule has 6 aromatic carbocycles. The molecule has 6 saturated carbocycles. The lowest BCUT2D eigenvalue weighted by Gasteiger charge is -2.60. The van der Waals surface area contributed by atoms with Crippen molar-refractivity contribution in [3.63, 3.8) is 0 Å². The first-order valence-electron chi connectivity index (χ1n) is 28.3. The van der Waals surface area contributed by atoms with Crippen molar-refractivity contribution in [2.75, 3.05) is 4.90 Å². The zero-order valence-electron chi connectivity index (χ0n) is 41.3. The van der Waals surface area contributed by atoms with Crippen molar-refractivity contribution in [1.29, 1.82) is 0 Å². The molecule has 0 bridgehead atoms. The third-order valence-corrected chi connectivity index (χ3v) is 20.5. The summed E-state index contributed by atoms with van der Waals surface area (Å²) < 4.78 is 15.2. The second kappa shape index (κ2) is 18.3. The van der Waals surface area contributed by atoms with E-state index in [1.807, 2.05) is 0 Å². The monoisotopic (exact) mass is 924 g/mol. The van der Waals surface area contributed by atoms with Crippen LogP contribution in [0.15, 0.2) is 158 Å². The van der Waals surface area contributed by atoms with Gasteiger partial charge in [0.05, 0.1) is 29.8 Å². The average molecular weight is 924 g/mol. The molecule has 14 rings (SSSR count). The number of fused-ring (bicyclic) bond motifs is 13. The number of rotatable bonds is 6. The van der Waals surface area contributed by atoms with Gasteiger partial charge in [0.1, 0.15) is 0 Å². The van der Waals surface area contributed by atoms with Crippen LogP contribution >= 0.6 is 0 Å². The average Bonchev–Trinajstić information content (AvgIpc) is 3.73. The molecule has 3 nitrogen and oxygen atoms in total. The molecular weight excluding hydrogens is 851 g/mol. The van der Waals surface area contributed by atoms with E-state index in [1.54, 1.807) is 0 Å². The molecular formula is C67H73NO2. The molecule has 1 heterocycles. The number of benzene rings is 6. The molecule has 358 valence electrons. The molecule has 0 aromatic heterocycles. The summed E-state index contributed by atoms with van der Waals surface area (Å²) in [6, 6.07) is 59.8. The van der Waals surface area contributed by atoms with E-state index in [2.05, 4.69) is 163 Å². The Hall–Kier alpha value is -4.96. The van der Waals surface area contributed by atoms with Gasteiger partial charge in [0.15, 0.2) is 0 Å². The Kier molecular flexibility index (Phi) is 11.4. The van der Waals surface area contributed by atoms with Crippen LogP contribution in [0.5, 0.6) is 0 Å². The van der Waals surface area contributed by atoms with E-state index >= 15 is 0 Å². The molecule has 0 radical (unpaired) electrons. The van der Waals surface area contributed by atoms with Gasteiger partial charge in [0.25, 0.3) is 0 Å². The molecule has 0 N–H and O–H groups in total. The van der Waals surface area contributed by atoms with Gasteiger partial charge < -0.3 is 14.4 Å². The van der Waals surface area contributed by atoms with E-state index in [0.717, 1.165) is 66.6 Å². The second-order valence-electron chi connectivity index (χ2n) is 23.6. The number of hydrogen-bond donors (Lipinski definition) is 0. The van der Waals surface area contributed by atoms with Crippen molar-refractivity contribution in [2.45, 2.75) is 145 Å². The lowest BCUT2D eigenvalue weighted by Crippen LogP contribution is -2.59.